The highest BCUT2D eigenvalue weighted by Gasteiger charge is 2.61. The van der Waals surface area contributed by atoms with Crippen molar-refractivity contribution in [2.75, 3.05) is 26.2 Å². The quantitative estimate of drug-likeness (QED) is 0.780. The highest BCUT2D eigenvalue weighted by molar-refractivity contribution is 6.30. The monoisotopic (exact) mass is 443 g/mol. The minimum absolute atomic E-state index is 0.0109. The summed E-state index contributed by atoms with van der Waals surface area (Å²) in [6, 6.07) is 6.96. The Morgan fingerprint density at radius 2 is 1.52 bits per heavy atom. The fraction of sp³-hybridized carbons (Fsp3) is 0.625. The van der Waals surface area contributed by atoms with Gasteiger partial charge in [-0.2, -0.15) is 0 Å². The van der Waals surface area contributed by atoms with E-state index in [-0.39, 0.29) is 28.7 Å². The lowest BCUT2D eigenvalue weighted by atomic mass is 9.46. The van der Waals surface area contributed by atoms with Crippen LogP contribution in [0.4, 0.5) is 0 Å². The van der Waals surface area contributed by atoms with Crippen molar-refractivity contribution in [3.05, 3.63) is 34.9 Å². The van der Waals surface area contributed by atoms with E-state index in [0.29, 0.717) is 48.6 Å². The lowest BCUT2D eigenvalue weighted by Crippen LogP contribution is -2.66. The van der Waals surface area contributed by atoms with E-state index in [4.69, 9.17) is 11.6 Å². The molecule has 6 rings (SSSR count). The number of carbonyl (C=O) groups is 3. The summed E-state index contributed by atoms with van der Waals surface area (Å²) < 4.78 is 0. The van der Waals surface area contributed by atoms with Gasteiger partial charge in [0, 0.05) is 49.2 Å². The summed E-state index contributed by atoms with van der Waals surface area (Å²) in [6.07, 6.45) is 5.90. The van der Waals surface area contributed by atoms with Crippen molar-refractivity contribution in [1.82, 2.24) is 15.1 Å². The molecule has 4 bridgehead atoms. The van der Waals surface area contributed by atoms with Gasteiger partial charge in [0.2, 0.25) is 11.8 Å². The fourth-order valence-corrected chi connectivity index (χ4v) is 7.38. The lowest BCUT2D eigenvalue weighted by Gasteiger charge is -2.62. The number of carbonyl (C=O) groups excluding carboxylic acids is 3. The van der Waals surface area contributed by atoms with Gasteiger partial charge in [0.1, 0.15) is 0 Å². The summed E-state index contributed by atoms with van der Waals surface area (Å²) in [7, 11) is 0. The van der Waals surface area contributed by atoms with Crippen LogP contribution in [0.3, 0.4) is 0 Å². The van der Waals surface area contributed by atoms with Crippen LogP contribution in [0.25, 0.3) is 0 Å². The Bertz CT molecular complexity index is 893. The van der Waals surface area contributed by atoms with Crippen molar-refractivity contribution in [2.24, 2.45) is 17.3 Å². The van der Waals surface area contributed by atoms with Gasteiger partial charge in [-0.15, -0.1) is 0 Å². The van der Waals surface area contributed by atoms with Crippen LogP contribution < -0.4 is 5.32 Å². The molecule has 166 valence electrons. The number of hydrogen-bond acceptors (Lipinski definition) is 3. The van der Waals surface area contributed by atoms with E-state index in [0.717, 1.165) is 32.1 Å². The molecule has 1 aliphatic heterocycles. The van der Waals surface area contributed by atoms with Crippen LogP contribution in [0.1, 0.15) is 55.8 Å². The molecule has 0 unspecified atom stereocenters. The lowest BCUT2D eigenvalue weighted by molar-refractivity contribution is -0.164. The first-order valence-electron chi connectivity index (χ1n) is 11.4. The molecule has 7 heteroatoms. The summed E-state index contributed by atoms with van der Waals surface area (Å²) in [5, 5.41) is 3.85. The summed E-state index contributed by atoms with van der Waals surface area (Å²) in [5.74, 6) is 1.31. The second kappa shape index (κ2) is 7.51. The maximum atomic E-state index is 13.8. The van der Waals surface area contributed by atoms with Crippen LogP contribution in [0.15, 0.2) is 24.3 Å². The third-order valence-corrected chi connectivity index (χ3v) is 8.15. The molecule has 31 heavy (non-hydrogen) atoms. The molecule has 1 N–H and O–H groups in total. The van der Waals surface area contributed by atoms with Crippen LogP contribution in [-0.2, 0) is 9.59 Å². The number of hydrogen-bond donors (Lipinski definition) is 1. The Morgan fingerprint density at radius 3 is 2.10 bits per heavy atom. The zero-order valence-corrected chi connectivity index (χ0v) is 18.8. The highest BCUT2D eigenvalue weighted by Crippen LogP contribution is 2.62. The van der Waals surface area contributed by atoms with Gasteiger partial charge in [-0.1, -0.05) is 11.6 Å². The SMILES string of the molecule is CC(=O)NC12C[C@@H]3C[C@@H](C1)CC(C(=O)N1CCN(C(=O)c4ccc(Cl)cc4)CC1)(C3)C2. The molecule has 0 spiro atoms. The Labute approximate surface area is 188 Å². The van der Waals surface area contributed by atoms with Gasteiger partial charge in [-0.05, 0) is 74.6 Å². The van der Waals surface area contributed by atoms with Gasteiger partial charge in [0.05, 0.1) is 5.41 Å². The Balaban J connectivity index is 1.27. The van der Waals surface area contributed by atoms with Crippen LogP contribution in [0.2, 0.25) is 5.02 Å². The predicted molar refractivity (Wildman–Crippen MR) is 118 cm³/mol. The second-order valence-electron chi connectivity index (χ2n) is 10.3. The molecule has 3 amide bonds. The largest absolute Gasteiger partial charge is 0.351 e. The molecule has 4 saturated carbocycles. The van der Waals surface area contributed by atoms with E-state index in [9.17, 15) is 14.4 Å². The molecule has 1 aromatic rings. The molecule has 2 atom stereocenters. The van der Waals surface area contributed by atoms with E-state index in [1.165, 1.54) is 6.42 Å². The van der Waals surface area contributed by atoms with E-state index >= 15 is 0 Å². The maximum absolute atomic E-state index is 13.8. The van der Waals surface area contributed by atoms with Gasteiger partial charge in [0.25, 0.3) is 5.91 Å². The smallest absolute Gasteiger partial charge is 0.253 e. The molecular formula is C24H30ClN3O3. The van der Waals surface area contributed by atoms with E-state index < -0.39 is 0 Å². The fourth-order valence-electron chi connectivity index (χ4n) is 7.26. The Hall–Kier alpha value is -2.08. The summed E-state index contributed by atoms with van der Waals surface area (Å²) in [5.41, 5.74) is 0.0924. The maximum Gasteiger partial charge on any atom is 0.253 e. The highest BCUT2D eigenvalue weighted by atomic mass is 35.5. The van der Waals surface area contributed by atoms with Gasteiger partial charge in [0.15, 0.2) is 0 Å². The van der Waals surface area contributed by atoms with Crippen LogP contribution >= 0.6 is 11.6 Å². The van der Waals surface area contributed by atoms with Crippen molar-refractivity contribution in [2.45, 2.75) is 51.0 Å². The molecule has 0 radical (unpaired) electrons. The number of amides is 3. The number of piperazine rings is 1. The minimum Gasteiger partial charge on any atom is -0.351 e. The summed E-state index contributed by atoms with van der Waals surface area (Å²) in [4.78, 5) is 42.2. The molecular weight excluding hydrogens is 414 g/mol. The third kappa shape index (κ3) is 3.73. The molecule has 1 aromatic carbocycles. The first-order chi connectivity index (χ1) is 14.8. The van der Waals surface area contributed by atoms with Crippen LogP contribution in [-0.4, -0.2) is 59.2 Å². The standard InChI is InChI=1S/C24H30ClN3O3/c1-16(29)26-24-13-17-10-18(14-24)12-23(11-17,15-24)22(31)28-8-6-27(7-9-28)21(30)19-2-4-20(25)5-3-19/h2-5,17-18H,6-15H2,1H3,(H,26,29)/t17-,18-,23?,24?/m1/s1. The second-order valence-corrected chi connectivity index (χ2v) is 10.7. The zero-order valence-electron chi connectivity index (χ0n) is 18.0. The Kier molecular flexibility index (Phi) is 5.04. The molecule has 1 heterocycles. The van der Waals surface area contributed by atoms with Gasteiger partial charge >= 0.3 is 0 Å². The molecule has 1 saturated heterocycles. The average molecular weight is 444 g/mol. The third-order valence-electron chi connectivity index (χ3n) is 7.90. The van der Waals surface area contributed by atoms with Gasteiger partial charge < -0.3 is 15.1 Å². The van der Waals surface area contributed by atoms with Crippen molar-refractivity contribution < 1.29 is 14.4 Å². The molecule has 0 aromatic heterocycles. The number of nitrogens with zero attached hydrogens (tertiary/aromatic N) is 2. The topological polar surface area (TPSA) is 69.7 Å². The van der Waals surface area contributed by atoms with Crippen LogP contribution in [0, 0.1) is 17.3 Å². The van der Waals surface area contributed by atoms with E-state index in [2.05, 4.69) is 5.32 Å². The number of benzene rings is 1. The Morgan fingerprint density at radius 1 is 0.935 bits per heavy atom. The minimum atomic E-state index is -0.338. The van der Waals surface area contributed by atoms with Crippen molar-refractivity contribution in [1.29, 1.82) is 0 Å². The van der Waals surface area contributed by atoms with E-state index in [1.54, 1.807) is 31.2 Å². The number of rotatable bonds is 3. The predicted octanol–water partition coefficient (Wildman–Crippen LogP) is 3.10. The summed E-state index contributed by atoms with van der Waals surface area (Å²) in [6.45, 7) is 3.83. The molecule has 4 aliphatic carbocycles. The average Bonchev–Trinajstić information content (AvgIpc) is 2.71. The zero-order chi connectivity index (χ0) is 21.8. The van der Waals surface area contributed by atoms with E-state index in [1.807, 2.05) is 9.80 Å². The van der Waals surface area contributed by atoms with Crippen LogP contribution in [0.5, 0.6) is 0 Å². The molecule has 5 aliphatic rings. The van der Waals surface area contributed by atoms with Gasteiger partial charge in [-0.25, -0.2) is 0 Å². The van der Waals surface area contributed by atoms with Crippen molar-refractivity contribution in [3.63, 3.8) is 0 Å². The number of halogens is 1. The van der Waals surface area contributed by atoms with Crippen molar-refractivity contribution in [3.8, 4) is 0 Å². The van der Waals surface area contributed by atoms with Gasteiger partial charge in [-0.3, -0.25) is 14.4 Å². The number of nitrogens with one attached hydrogen (secondary N) is 1. The normalized spacial score (nSPS) is 34.0. The summed E-state index contributed by atoms with van der Waals surface area (Å²) >= 11 is 5.93. The van der Waals surface area contributed by atoms with Crippen molar-refractivity contribution >= 4 is 29.3 Å². The molecule has 5 fully saturated rings. The first kappa shape index (κ1) is 20.8. The first-order valence-corrected chi connectivity index (χ1v) is 11.8. The molecule has 6 nitrogen and oxygen atoms in total.